The van der Waals surface area contributed by atoms with E-state index in [0.717, 1.165) is 25.1 Å². The smallest absolute Gasteiger partial charge is 0.221 e. The van der Waals surface area contributed by atoms with Gasteiger partial charge in [-0.2, -0.15) is 0 Å². The van der Waals surface area contributed by atoms with Crippen molar-refractivity contribution in [2.75, 3.05) is 26.7 Å². The molecule has 1 saturated heterocycles. The van der Waals surface area contributed by atoms with Crippen molar-refractivity contribution in [3.05, 3.63) is 28.8 Å². The molecule has 3 N–H and O–H groups in total. The maximum absolute atomic E-state index is 11.6. The van der Waals surface area contributed by atoms with E-state index >= 15 is 0 Å². The fraction of sp³-hybridized carbons (Fsp3) is 0.588. The summed E-state index contributed by atoms with van der Waals surface area (Å²) in [7, 11) is 1.62. The van der Waals surface area contributed by atoms with E-state index in [4.69, 9.17) is 22.1 Å². The van der Waals surface area contributed by atoms with Gasteiger partial charge >= 0.3 is 0 Å². The molecule has 1 aliphatic rings. The maximum atomic E-state index is 11.6. The Morgan fingerprint density at radius 2 is 2.30 bits per heavy atom. The van der Waals surface area contributed by atoms with Crippen LogP contribution in [-0.2, 0) is 11.3 Å². The Bertz CT molecular complexity index is 525. The molecule has 1 heterocycles. The molecule has 5 nitrogen and oxygen atoms in total. The quantitative estimate of drug-likeness (QED) is 0.799. The highest BCUT2D eigenvalue weighted by atomic mass is 35.5. The van der Waals surface area contributed by atoms with Crippen LogP contribution in [-0.4, -0.2) is 43.6 Å². The highest BCUT2D eigenvalue weighted by molar-refractivity contribution is 6.32. The molecule has 1 aromatic rings. The van der Waals surface area contributed by atoms with E-state index in [1.807, 2.05) is 18.2 Å². The summed E-state index contributed by atoms with van der Waals surface area (Å²) >= 11 is 6.21. The summed E-state index contributed by atoms with van der Waals surface area (Å²) in [6.07, 6.45) is 3.89. The summed E-state index contributed by atoms with van der Waals surface area (Å²) in [4.78, 5) is 14.0. The van der Waals surface area contributed by atoms with E-state index in [2.05, 4.69) is 10.2 Å². The number of methoxy groups -OCH3 is 1. The fourth-order valence-electron chi connectivity index (χ4n) is 2.99. The number of ether oxygens (including phenoxy) is 1. The Hall–Kier alpha value is -1.30. The SMILES string of the molecule is COc1ccc(CN2CCCCC2CNC(=O)CCN)cc1Cl. The molecular weight excluding hydrogens is 314 g/mol. The van der Waals surface area contributed by atoms with Crippen LogP contribution < -0.4 is 15.8 Å². The standard InChI is InChI=1S/C17H26ClN3O2/c1-23-16-6-5-13(10-15(16)18)12-21-9-3-2-4-14(21)11-20-17(22)7-8-19/h5-6,10,14H,2-4,7-9,11-12,19H2,1H3,(H,20,22). The molecule has 0 saturated carbocycles. The lowest BCUT2D eigenvalue weighted by atomic mass is 10.0. The molecule has 128 valence electrons. The van der Waals surface area contributed by atoms with Crippen LogP contribution in [0.2, 0.25) is 5.02 Å². The van der Waals surface area contributed by atoms with Gasteiger partial charge in [0.2, 0.25) is 5.91 Å². The number of rotatable bonds is 7. The van der Waals surface area contributed by atoms with Gasteiger partial charge < -0.3 is 15.8 Å². The number of hydrogen-bond donors (Lipinski definition) is 2. The second-order valence-corrected chi connectivity index (χ2v) is 6.34. The Labute approximate surface area is 143 Å². The molecule has 0 radical (unpaired) electrons. The summed E-state index contributed by atoms with van der Waals surface area (Å²) in [5, 5.41) is 3.63. The van der Waals surface area contributed by atoms with Crippen molar-refractivity contribution in [3.63, 3.8) is 0 Å². The zero-order valence-corrected chi connectivity index (χ0v) is 14.4. The van der Waals surface area contributed by atoms with Gasteiger partial charge in [-0.3, -0.25) is 9.69 Å². The van der Waals surface area contributed by atoms with Crippen LogP contribution in [0.15, 0.2) is 18.2 Å². The number of halogens is 1. The van der Waals surface area contributed by atoms with Gasteiger partial charge in [0.15, 0.2) is 0 Å². The second kappa shape index (κ2) is 9.11. The van der Waals surface area contributed by atoms with E-state index in [0.29, 0.717) is 36.3 Å². The van der Waals surface area contributed by atoms with Crippen molar-refractivity contribution < 1.29 is 9.53 Å². The minimum absolute atomic E-state index is 0.0329. The summed E-state index contributed by atoms with van der Waals surface area (Å²) in [5.41, 5.74) is 6.57. The third-order valence-corrected chi connectivity index (χ3v) is 4.55. The molecule has 1 unspecified atom stereocenters. The molecule has 1 atom stereocenters. The molecule has 6 heteroatoms. The van der Waals surface area contributed by atoms with Gasteiger partial charge in [0, 0.05) is 32.1 Å². The van der Waals surface area contributed by atoms with Crippen molar-refractivity contribution in [1.29, 1.82) is 0 Å². The fourth-order valence-corrected chi connectivity index (χ4v) is 3.27. The van der Waals surface area contributed by atoms with Crippen LogP contribution in [0.3, 0.4) is 0 Å². The number of likely N-dealkylation sites (tertiary alicyclic amines) is 1. The lowest BCUT2D eigenvalue weighted by molar-refractivity contribution is -0.121. The number of nitrogens with two attached hydrogens (primary N) is 1. The number of amides is 1. The van der Waals surface area contributed by atoms with Crippen molar-refractivity contribution in [3.8, 4) is 5.75 Å². The van der Waals surface area contributed by atoms with Gasteiger partial charge in [-0.1, -0.05) is 24.1 Å². The third-order valence-electron chi connectivity index (χ3n) is 4.26. The number of benzene rings is 1. The number of carbonyl (C=O) groups excluding carboxylic acids is 1. The molecular formula is C17H26ClN3O2. The molecule has 0 bridgehead atoms. The summed E-state index contributed by atoms with van der Waals surface area (Å²) in [6, 6.07) is 6.27. The summed E-state index contributed by atoms with van der Waals surface area (Å²) < 4.78 is 5.20. The van der Waals surface area contributed by atoms with E-state index in [1.54, 1.807) is 7.11 Å². The van der Waals surface area contributed by atoms with Gasteiger partial charge in [-0.15, -0.1) is 0 Å². The number of piperidine rings is 1. The molecule has 0 aromatic heterocycles. The Kier molecular flexibility index (Phi) is 7.15. The summed E-state index contributed by atoms with van der Waals surface area (Å²) in [6.45, 7) is 2.95. The second-order valence-electron chi connectivity index (χ2n) is 5.93. The van der Waals surface area contributed by atoms with Crippen LogP contribution in [0.5, 0.6) is 5.75 Å². The van der Waals surface area contributed by atoms with Gasteiger partial charge in [0.25, 0.3) is 0 Å². The van der Waals surface area contributed by atoms with Crippen molar-refractivity contribution >= 4 is 17.5 Å². The zero-order valence-electron chi connectivity index (χ0n) is 13.7. The molecule has 0 spiro atoms. The topological polar surface area (TPSA) is 67.6 Å². The lowest BCUT2D eigenvalue weighted by Crippen LogP contribution is -2.46. The van der Waals surface area contributed by atoms with E-state index in [1.165, 1.54) is 12.8 Å². The lowest BCUT2D eigenvalue weighted by Gasteiger charge is -2.36. The highest BCUT2D eigenvalue weighted by Crippen LogP contribution is 2.27. The van der Waals surface area contributed by atoms with Gasteiger partial charge in [-0.05, 0) is 37.1 Å². The van der Waals surface area contributed by atoms with Crippen molar-refractivity contribution in [2.45, 2.75) is 38.3 Å². The first-order chi connectivity index (χ1) is 11.1. The van der Waals surface area contributed by atoms with E-state index in [-0.39, 0.29) is 5.91 Å². The van der Waals surface area contributed by atoms with Crippen LogP contribution >= 0.6 is 11.6 Å². The van der Waals surface area contributed by atoms with Crippen LogP contribution in [0.25, 0.3) is 0 Å². The van der Waals surface area contributed by atoms with Crippen molar-refractivity contribution in [1.82, 2.24) is 10.2 Å². The monoisotopic (exact) mass is 339 g/mol. The minimum Gasteiger partial charge on any atom is -0.495 e. The largest absolute Gasteiger partial charge is 0.495 e. The Morgan fingerprint density at radius 1 is 1.48 bits per heavy atom. The predicted molar refractivity (Wildman–Crippen MR) is 92.7 cm³/mol. The van der Waals surface area contributed by atoms with Gasteiger partial charge in [-0.25, -0.2) is 0 Å². The number of nitrogens with one attached hydrogen (secondary N) is 1. The Morgan fingerprint density at radius 3 is 3.00 bits per heavy atom. The summed E-state index contributed by atoms with van der Waals surface area (Å²) in [5.74, 6) is 0.727. The first-order valence-corrected chi connectivity index (χ1v) is 8.55. The zero-order chi connectivity index (χ0) is 16.7. The first-order valence-electron chi connectivity index (χ1n) is 8.17. The first kappa shape index (κ1) is 18.0. The van der Waals surface area contributed by atoms with E-state index in [9.17, 15) is 4.79 Å². The molecule has 1 fully saturated rings. The third kappa shape index (κ3) is 5.37. The maximum Gasteiger partial charge on any atom is 0.221 e. The van der Waals surface area contributed by atoms with Crippen LogP contribution in [0.4, 0.5) is 0 Å². The molecule has 1 aromatic carbocycles. The average Bonchev–Trinajstić information content (AvgIpc) is 2.54. The minimum atomic E-state index is 0.0329. The average molecular weight is 340 g/mol. The molecule has 2 rings (SSSR count). The van der Waals surface area contributed by atoms with E-state index < -0.39 is 0 Å². The predicted octanol–water partition coefficient (Wildman–Crippen LogP) is 2.17. The molecule has 23 heavy (non-hydrogen) atoms. The van der Waals surface area contributed by atoms with Crippen LogP contribution in [0.1, 0.15) is 31.2 Å². The van der Waals surface area contributed by atoms with Crippen molar-refractivity contribution in [2.24, 2.45) is 5.73 Å². The normalized spacial score (nSPS) is 18.7. The number of carbonyl (C=O) groups is 1. The molecule has 0 aliphatic carbocycles. The Balaban J connectivity index is 1.95. The van der Waals surface area contributed by atoms with Crippen LogP contribution in [0, 0.1) is 0 Å². The molecule has 1 amide bonds. The number of hydrogen-bond acceptors (Lipinski definition) is 4. The molecule has 1 aliphatic heterocycles. The number of nitrogens with zero attached hydrogens (tertiary/aromatic N) is 1. The van der Waals surface area contributed by atoms with Gasteiger partial charge in [0.05, 0.1) is 12.1 Å². The van der Waals surface area contributed by atoms with Gasteiger partial charge in [0.1, 0.15) is 5.75 Å². The highest BCUT2D eigenvalue weighted by Gasteiger charge is 2.23.